The highest BCUT2D eigenvalue weighted by atomic mass is 32.2. The summed E-state index contributed by atoms with van der Waals surface area (Å²) in [5, 5.41) is 20.5. The average Bonchev–Trinajstić information content (AvgIpc) is 3.36. The van der Waals surface area contributed by atoms with E-state index in [2.05, 4.69) is 31.5 Å². The third-order valence-electron chi connectivity index (χ3n) is 7.69. The number of nitriles is 1. The molecule has 2 N–H and O–H groups in total. The first-order valence-electron chi connectivity index (χ1n) is 12.3. The first kappa shape index (κ1) is 23.1. The van der Waals surface area contributed by atoms with E-state index in [1.807, 2.05) is 38.2 Å². The maximum absolute atomic E-state index is 13.3. The molecule has 6 rings (SSSR count). The lowest BCUT2D eigenvalue weighted by Crippen LogP contribution is -2.60. The highest BCUT2D eigenvalue weighted by Gasteiger charge is 2.51. The fourth-order valence-electron chi connectivity index (χ4n) is 5.82. The minimum atomic E-state index is -3.54. The number of H-pyrrole nitrogens is 1. The molecule has 0 radical (unpaired) electrons. The van der Waals surface area contributed by atoms with Gasteiger partial charge in [0.1, 0.15) is 11.6 Å². The number of hydrogen-bond acceptors (Lipinski definition) is 8. The van der Waals surface area contributed by atoms with E-state index < -0.39 is 10.2 Å². The summed E-state index contributed by atoms with van der Waals surface area (Å²) in [4.78, 5) is 11.7. The fraction of sp³-hybridized carbons (Fsp3) is 0.500. The van der Waals surface area contributed by atoms with Gasteiger partial charge < -0.3 is 10.2 Å². The van der Waals surface area contributed by atoms with Crippen LogP contribution in [0.1, 0.15) is 31.4 Å². The van der Waals surface area contributed by atoms with Crippen LogP contribution in [0, 0.1) is 24.2 Å². The molecule has 188 valence electrons. The zero-order valence-corrected chi connectivity index (χ0v) is 21.1. The van der Waals surface area contributed by atoms with Gasteiger partial charge in [-0.15, -0.1) is 0 Å². The van der Waals surface area contributed by atoms with Crippen LogP contribution in [0.3, 0.4) is 0 Å². The van der Waals surface area contributed by atoms with E-state index >= 15 is 0 Å². The van der Waals surface area contributed by atoms with Crippen molar-refractivity contribution < 1.29 is 8.42 Å². The summed E-state index contributed by atoms with van der Waals surface area (Å²) in [6.45, 7) is 2.55. The predicted molar refractivity (Wildman–Crippen MR) is 136 cm³/mol. The normalized spacial score (nSPS) is 25.0. The summed E-state index contributed by atoms with van der Waals surface area (Å²) in [5.74, 6) is 1.96. The van der Waals surface area contributed by atoms with Crippen LogP contribution in [0.5, 0.6) is 0 Å². The number of rotatable bonds is 6. The molecule has 0 aromatic carbocycles. The molecule has 1 unspecified atom stereocenters. The van der Waals surface area contributed by atoms with Crippen molar-refractivity contribution in [1.82, 2.24) is 28.8 Å². The minimum Gasteiger partial charge on any atom is -0.356 e. The van der Waals surface area contributed by atoms with E-state index in [1.165, 1.54) is 4.31 Å². The van der Waals surface area contributed by atoms with Crippen molar-refractivity contribution in [2.75, 3.05) is 30.4 Å². The Morgan fingerprint density at radius 1 is 1.19 bits per heavy atom. The van der Waals surface area contributed by atoms with E-state index in [4.69, 9.17) is 10.2 Å². The number of aromatic nitrogens is 4. The molecule has 3 aromatic rings. The maximum atomic E-state index is 13.3. The van der Waals surface area contributed by atoms with Crippen LogP contribution >= 0.6 is 0 Å². The number of anilines is 3. The van der Waals surface area contributed by atoms with Crippen LogP contribution in [0.15, 0.2) is 30.5 Å². The van der Waals surface area contributed by atoms with Gasteiger partial charge in [0, 0.05) is 67.7 Å². The number of hydrogen-bond donors (Lipinski definition) is 2. The van der Waals surface area contributed by atoms with Gasteiger partial charge in [-0.2, -0.15) is 27.4 Å². The topological polar surface area (TPSA) is 134 Å². The van der Waals surface area contributed by atoms with Gasteiger partial charge in [-0.3, -0.25) is 10.1 Å². The second kappa shape index (κ2) is 8.69. The summed E-state index contributed by atoms with van der Waals surface area (Å²) < 4.78 is 29.8. The number of aryl methyl sites for hydroxylation is 1. The Bertz CT molecular complexity index is 1430. The molecule has 0 aliphatic carbocycles. The van der Waals surface area contributed by atoms with Crippen LogP contribution in [0.25, 0.3) is 10.9 Å². The van der Waals surface area contributed by atoms with Crippen LogP contribution < -0.4 is 10.2 Å². The molecule has 11 nitrogen and oxygen atoms in total. The summed E-state index contributed by atoms with van der Waals surface area (Å²) >= 11 is 0. The first-order valence-corrected chi connectivity index (χ1v) is 13.7. The van der Waals surface area contributed by atoms with E-state index in [0.29, 0.717) is 24.7 Å². The van der Waals surface area contributed by atoms with Crippen molar-refractivity contribution >= 4 is 38.6 Å². The number of fused-ring (bicyclic) bond motifs is 3. The third-order valence-corrected chi connectivity index (χ3v) is 9.77. The lowest BCUT2D eigenvalue weighted by molar-refractivity contribution is 0.177. The Hall–Kier alpha value is -3.27. The molecule has 3 atom stereocenters. The number of nitrogens with one attached hydrogen (secondary N) is 2. The molecule has 3 saturated heterocycles. The number of aromatic amines is 1. The highest BCUT2D eigenvalue weighted by Crippen LogP contribution is 2.42. The van der Waals surface area contributed by atoms with E-state index in [-0.39, 0.29) is 24.0 Å². The van der Waals surface area contributed by atoms with Gasteiger partial charge in [-0.05, 0) is 44.7 Å². The molecule has 0 spiro atoms. The molecule has 12 heteroatoms. The zero-order chi connectivity index (χ0) is 25.0. The van der Waals surface area contributed by atoms with E-state index in [9.17, 15) is 8.42 Å². The lowest BCUT2D eigenvalue weighted by atomic mass is 9.98. The second-order valence-electron chi connectivity index (χ2n) is 10.1. The van der Waals surface area contributed by atoms with E-state index in [0.717, 1.165) is 48.1 Å². The quantitative estimate of drug-likeness (QED) is 0.520. The molecule has 36 heavy (non-hydrogen) atoms. The van der Waals surface area contributed by atoms with Crippen LogP contribution in [0.2, 0.25) is 0 Å². The molecule has 6 heterocycles. The number of piperidine rings is 1. The molecule has 3 aliphatic heterocycles. The summed E-state index contributed by atoms with van der Waals surface area (Å²) in [6.07, 6.45) is 4.97. The molecule has 3 aliphatic rings. The van der Waals surface area contributed by atoms with Crippen molar-refractivity contribution in [1.29, 1.82) is 5.26 Å². The van der Waals surface area contributed by atoms with Gasteiger partial charge in [0.25, 0.3) is 10.2 Å². The Balaban J connectivity index is 1.26. The van der Waals surface area contributed by atoms with Gasteiger partial charge in [0.2, 0.25) is 0 Å². The maximum Gasteiger partial charge on any atom is 0.282 e. The van der Waals surface area contributed by atoms with Crippen LogP contribution in [-0.2, 0) is 10.2 Å². The molecular weight excluding hydrogens is 478 g/mol. The van der Waals surface area contributed by atoms with Crippen LogP contribution in [-0.4, -0.2) is 75.5 Å². The van der Waals surface area contributed by atoms with Gasteiger partial charge >= 0.3 is 0 Å². The Kier molecular flexibility index (Phi) is 5.59. The van der Waals surface area contributed by atoms with Crippen molar-refractivity contribution in [3.05, 3.63) is 36.2 Å². The van der Waals surface area contributed by atoms with Crippen molar-refractivity contribution in [2.24, 2.45) is 5.92 Å². The largest absolute Gasteiger partial charge is 0.356 e. The smallest absolute Gasteiger partial charge is 0.282 e. The molecule has 3 aromatic heterocycles. The average molecular weight is 508 g/mol. The summed E-state index contributed by atoms with van der Waals surface area (Å²) in [5.41, 5.74) is 1.78. The Labute approximate surface area is 210 Å². The van der Waals surface area contributed by atoms with Crippen molar-refractivity contribution in [3.8, 4) is 6.07 Å². The second-order valence-corrected chi connectivity index (χ2v) is 11.9. The number of nitrogens with zero attached hydrogens (tertiary/aromatic N) is 7. The third kappa shape index (κ3) is 3.87. The molecule has 0 amide bonds. The monoisotopic (exact) mass is 507 g/mol. The standard InChI is InChI=1S/C24H29N9O2S/c1-15-8-23(30-29-15)27-22-11-21-20(4-3-7-26-21)24(28-22)31(2)19-9-17-5-6-18(10-19)33(17)36(34,35)32-13-16(12-25)14-32/h3-4,7-8,11,16-19H,5-6,9-10,13-14H2,1-2H3,(H2,27,28,29,30)/t17-,18+,19?. The Morgan fingerprint density at radius 2 is 1.94 bits per heavy atom. The van der Waals surface area contributed by atoms with Crippen LogP contribution in [0.4, 0.5) is 17.5 Å². The van der Waals surface area contributed by atoms with Gasteiger partial charge in [0.05, 0.1) is 17.5 Å². The fourth-order valence-corrected chi connectivity index (χ4v) is 7.96. The summed E-state index contributed by atoms with van der Waals surface area (Å²) in [7, 11) is -1.50. The minimum absolute atomic E-state index is 0.0416. The first-order chi connectivity index (χ1) is 17.3. The molecule has 0 saturated carbocycles. The van der Waals surface area contributed by atoms with Gasteiger partial charge in [-0.1, -0.05) is 0 Å². The highest BCUT2D eigenvalue weighted by molar-refractivity contribution is 7.86. The van der Waals surface area contributed by atoms with Gasteiger partial charge in [0.15, 0.2) is 5.82 Å². The molecule has 3 fully saturated rings. The molecule has 2 bridgehead atoms. The predicted octanol–water partition coefficient (Wildman–Crippen LogP) is 2.54. The molecular formula is C24H29N9O2S. The van der Waals surface area contributed by atoms with Crippen molar-refractivity contribution in [3.63, 3.8) is 0 Å². The Morgan fingerprint density at radius 3 is 2.61 bits per heavy atom. The SMILES string of the molecule is Cc1cc(Nc2cc3ncccc3c(N(C)C3C[C@H]4CC[C@@H](C3)N4S(=O)(=O)N3CC(C#N)C3)n2)n[nH]1. The van der Waals surface area contributed by atoms with Gasteiger partial charge in [-0.25, -0.2) is 4.98 Å². The lowest BCUT2D eigenvalue weighted by Gasteiger charge is -2.45. The van der Waals surface area contributed by atoms with Crippen molar-refractivity contribution in [2.45, 2.75) is 50.7 Å². The van der Waals surface area contributed by atoms with E-state index in [1.54, 1.807) is 10.5 Å². The number of pyridine rings is 2. The zero-order valence-electron chi connectivity index (χ0n) is 20.3. The summed E-state index contributed by atoms with van der Waals surface area (Å²) in [6, 6.07) is 9.99.